The summed E-state index contributed by atoms with van der Waals surface area (Å²) in [7, 11) is 0. The van der Waals surface area contributed by atoms with Crippen LogP contribution in [0.3, 0.4) is 0 Å². The summed E-state index contributed by atoms with van der Waals surface area (Å²) in [4.78, 5) is 39.8. The molecule has 1 aromatic carbocycles. The lowest BCUT2D eigenvalue weighted by Crippen LogP contribution is -2.48. The van der Waals surface area contributed by atoms with Crippen LogP contribution in [0.4, 0.5) is 4.79 Å². The molecule has 3 rings (SSSR count). The van der Waals surface area contributed by atoms with E-state index in [1.54, 1.807) is 0 Å². The van der Waals surface area contributed by atoms with E-state index in [9.17, 15) is 14.4 Å². The Balaban J connectivity index is 2.04. The van der Waals surface area contributed by atoms with Gasteiger partial charge < -0.3 is 9.47 Å². The second-order valence-electron chi connectivity index (χ2n) is 8.73. The number of cyclic esters (lactones) is 2. The Labute approximate surface area is 159 Å². The molecule has 2 aliphatic heterocycles. The van der Waals surface area contributed by atoms with Crippen molar-refractivity contribution in [2.45, 2.75) is 46.8 Å². The van der Waals surface area contributed by atoms with Crippen molar-refractivity contribution < 1.29 is 23.9 Å². The summed E-state index contributed by atoms with van der Waals surface area (Å²) in [5.74, 6) is -2.15. The van der Waals surface area contributed by atoms with Gasteiger partial charge in [-0.25, -0.2) is 9.69 Å². The van der Waals surface area contributed by atoms with Gasteiger partial charge >= 0.3 is 12.1 Å². The smallest absolute Gasteiger partial charge is 0.416 e. The van der Waals surface area contributed by atoms with E-state index in [-0.39, 0.29) is 18.6 Å². The number of amides is 2. The molecule has 0 unspecified atom stereocenters. The minimum Gasteiger partial charge on any atom is -0.456 e. The number of imide groups is 1. The SMILES string of the molecule is CC(C)[C@H]1COC(=O)N1C(=O)[C@@H]1[C@@H](c2ccccc2)OC(=O)[C@@H]1C(C)(C)C. The van der Waals surface area contributed by atoms with Crippen molar-refractivity contribution in [2.24, 2.45) is 23.2 Å². The second-order valence-corrected chi connectivity index (χ2v) is 8.73. The number of nitrogens with zero attached hydrogens (tertiary/aromatic N) is 1. The van der Waals surface area contributed by atoms with Crippen LogP contribution in [0.15, 0.2) is 30.3 Å². The molecule has 2 amide bonds. The number of carbonyl (C=O) groups is 3. The molecule has 6 nitrogen and oxygen atoms in total. The zero-order chi connectivity index (χ0) is 19.9. The van der Waals surface area contributed by atoms with Crippen LogP contribution in [-0.4, -0.2) is 35.5 Å². The van der Waals surface area contributed by atoms with Crippen molar-refractivity contribution >= 4 is 18.0 Å². The Morgan fingerprint density at radius 1 is 1.15 bits per heavy atom. The molecular formula is C21H27NO5. The van der Waals surface area contributed by atoms with Gasteiger partial charge in [0.05, 0.1) is 17.9 Å². The number of rotatable bonds is 3. The molecule has 2 saturated heterocycles. The first-order valence-electron chi connectivity index (χ1n) is 9.38. The predicted octanol–water partition coefficient (Wildman–Crippen LogP) is 3.57. The Bertz CT molecular complexity index is 737. The van der Waals surface area contributed by atoms with Gasteiger partial charge in [0.25, 0.3) is 0 Å². The molecule has 0 radical (unpaired) electrons. The lowest BCUT2D eigenvalue weighted by molar-refractivity contribution is -0.147. The number of ether oxygens (including phenoxy) is 2. The topological polar surface area (TPSA) is 72.9 Å². The third kappa shape index (κ3) is 3.45. The van der Waals surface area contributed by atoms with E-state index < -0.39 is 41.3 Å². The van der Waals surface area contributed by atoms with E-state index in [4.69, 9.17) is 9.47 Å². The zero-order valence-corrected chi connectivity index (χ0v) is 16.5. The number of hydrogen-bond acceptors (Lipinski definition) is 5. The maximum Gasteiger partial charge on any atom is 0.416 e. The molecule has 2 aliphatic rings. The molecule has 146 valence electrons. The van der Waals surface area contributed by atoms with Crippen LogP contribution in [0.5, 0.6) is 0 Å². The quantitative estimate of drug-likeness (QED) is 0.758. The molecular weight excluding hydrogens is 346 g/mol. The Hall–Kier alpha value is -2.37. The van der Waals surface area contributed by atoms with Crippen LogP contribution < -0.4 is 0 Å². The highest BCUT2D eigenvalue weighted by Crippen LogP contribution is 2.48. The molecule has 6 heteroatoms. The molecule has 2 heterocycles. The van der Waals surface area contributed by atoms with E-state index in [1.165, 1.54) is 4.90 Å². The van der Waals surface area contributed by atoms with E-state index in [0.717, 1.165) is 5.56 Å². The Morgan fingerprint density at radius 2 is 1.78 bits per heavy atom. The number of benzene rings is 1. The minimum atomic E-state index is -0.771. The summed E-state index contributed by atoms with van der Waals surface area (Å²) in [6.07, 6.45) is -1.35. The summed E-state index contributed by atoms with van der Waals surface area (Å²) in [6.45, 7) is 9.80. The van der Waals surface area contributed by atoms with Gasteiger partial charge in [-0.2, -0.15) is 0 Å². The fourth-order valence-corrected chi connectivity index (χ4v) is 4.02. The van der Waals surface area contributed by atoms with Gasteiger partial charge in [0.15, 0.2) is 0 Å². The van der Waals surface area contributed by atoms with Gasteiger partial charge in [0.1, 0.15) is 12.7 Å². The molecule has 0 aromatic heterocycles. The summed E-state index contributed by atoms with van der Waals surface area (Å²) >= 11 is 0. The Morgan fingerprint density at radius 3 is 2.33 bits per heavy atom. The van der Waals surface area contributed by atoms with Gasteiger partial charge in [0, 0.05) is 0 Å². The lowest BCUT2D eigenvalue weighted by Gasteiger charge is -2.32. The van der Waals surface area contributed by atoms with E-state index in [2.05, 4.69) is 0 Å². The minimum absolute atomic E-state index is 0.0571. The molecule has 0 spiro atoms. The average molecular weight is 373 g/mol. The average Bonchev–Trinajstić information content (AvgIpc) is 3.15. The predicted molar refractivity (Wildman–Crippen MR) is 98.5 cm³/mol. The van der Waals surface area contributed by atoms with E-state index >= 15 is 0 Å². The highest BCUT2D eigenvalue weighted by atomic mass is 16.6. The van der Waals surface area contributed by atoms with E-state index in [0.29, 0.717) is 0 Å². The fraction of sp³-hybridized carbons (Fsp3) is 0.571. The molecule has 0 bridgehead atoms. The lowest BCUT2D eigenvalue weighted by atomic mass is 9.71. The summed E-state index contributed by atoms with van der Waals surface area (Å²) in [5.41, 5.74) is 0.266. The highest BCUT2D eigenvalue weighted by Gasteiger charge is 2.57. The summed E-state index contributed by atoms with van der Waals surface area (Å²) in [6, 6.07) is 8.90. The maximum absolute atomic E-state index is 13.6. The van der Waals surface area contributed by atoms with Crippen molar-refractivity contribution in [3.05, 3.63) is 35.9 Å². The van der Waals surface area contributed by atoms with Crippen molar-refractivity contribution in [1.82, 2.24) is 4.90 Å². The van der Waals surface area contributed by atoms with Gasteiger partial charge in [-0.1, -0.05) is 65.0 Å². The molecule has 1 aromatic rings. The number of carbonyl (C=O) groups excluding carboxylic acids is 3. The summed E-state index contributed by atoms with van der Waals surface area (Å²) in [5, 5.41) is 0. The van der Waals surface area contributed by atoms with Gasteiger partial charge in [-0.15, -0.1) is 0 Å². The van der Waals surface area contributed by atoms with E-state index in [1.807, 2.05) is 65.0 Å². The molecule has 0 saturated carbocycles. The molecule has 4 atom stereocenters. The largest absolute Gasteiger partial charge is 0.456 e. The number of esters is 1. The molecule has 0 aliphatic carbocycles. The zero-order valence-electron chi connectivity index (χ0n) is 16.5. The van der Waals surface area contributed by atoms with Crippen LogP contribution in [0.2, 0.25) is 0 Å². The third-order valence-corrected chi connectivity index (χ3v) is 5.44. The summed E-state index contributed by atoms with van der Waals surface area (Å²) < 4.78 is 10.8. The van der Waals surface area contributed by atoms with Crippen LogP contribution in [0.1, 0.15) is 46.3 Å². The molecule has 27 heavy (non-hydrogen) atoms. The molecule has 0 N–H and O–H groups in total. The maximum atomic E-state index is 13.6. The van der Waals surface area contributed by atoms with Gasteiger partial charge in [-0.05, 0) is 16.9 Å². The third-order valence-electron chi connectivity index (χ3n) is 5.44. The monoisotopic (exact) mass is 373 g/mol. The van der Waals surface area contributed by atoms with Crippen LogP contribution in [0, 0.1) is 23.2 Å². The van der Waals surface area contributed by atoms with Crippen LogP contribution in [-0.2, 0) is 19.1 Å². The fourth-order valence-electron chi connectivity index (χ4n) is 4.02. The van der Waals surface area contributed by atoms with Crippen LogP contribution in [0.25, 0.3) is 0 Å². The van der Waals surface area contributed by atoms with Crippen molar-refractivity contribution in [3.63, 3.8) is 0 Å². The normalized spacial score (nSPS) is 28.4. The van der Waals surface area contributed by atoms with Crippen molar-refractivity contribution in [1.29, 1.82) is 0 Å². The van der Waals surface area contributed by atoms with Gasteiger partial charge in [-0.3, -0.25) is 9.59 Å². The Kier molecular flexibility index (Phi) is 5.02. The first-order valence-corrected chi connectivity index (χ1v) is 9.38. The number of hydrogen-bond donors (Lipinski definition) is 0. The van der Waals surface area contributed by atoms with Crippen LogP contribution >= 0.6 is 0 Å². The highest BCUT2D eigenvalue weighted by molar-refractivity contribution is 5.98. The standard InChI is InChI=1S/C21H27NO5/c1-12(2)14-11-26-20(25)22(14)18(23)15-16(21(3,4)5)19(24)27-17(15)13-9-7-6-8-10-13/h6-10,12,14-17H,11H2,1-5H3/t14-,15+,16-,17-/m1/s1. The van der Waals surface area contributed by atoms with Crippen molar-refractivity contribution in [3.8, 4) is 0 Å². The van der Waals surface area contributed by atoms with Gasteiger partial charge in [0.2, 0.25) is 5.91 Å². The first kappa shape index (κ1) is 19.4. The van der Waals surface area contributed by atoms with Crippen molar-refractivity contribution in [2.75, 3.05) is 6.61 Å². The second kappa shape index (κ2) is 6.98. The molecule has 2 fully saturated rings. The first-order chi connectivity index (χ1) is 12.6.